The molecule has 1 unspecified atom stereocenters. The van der Waals surface area contributed by atoms with Crippen LogP contribution in [0.4, 0.5) is 5.82 Å². The largest absolute Gasteiger partial charge is 0.507 e. The van der Waals surface area contributed by atoms with Crippen LogP contribution in [0, 0.1) is 0 Å². The number of ether oxygens (including phenoxy) is 1. The quantitative estimate of drug-likeness (QED) is 0.281. The number of methoxy groups -OCH3 is 1. The Balaban J connectivity index is 0.976. The molecule has 4 aromatic rings. The van der Waals surface area contributed by atoms with Crippen LogP contribution < -0.4 is 20.5 Å². The van der Waals surface area contributed by atoms with Crippen LogP contribution >= 0.6 is 0 Å². The van der Waals surface area contributed by atoms with E-state index in [2.05, 4.69) is 26.2 Å². The summed E-state index contributed by atoms with van der Waals surface area (Å²) in [6.45, 7) is 4.43. The van der Waals surface area contributed by atoms with Crippen molar-refractivity contribution >= 4 is 34.3 Å². The van der Waals surface area contributed by atoms with Gasteiger partial charge in [-0.3, -0.25) is 29.4 Å². The number of pyridine rings is 2. The number of piperidine rings is 2. The zero-order valence-corrected chi connectivity index (χ0v) is 28.3. The summed E-state index contributed by atoms with van der Waals surface area (Å²) in [6, 6.07) is 11.1. The Bertz CT molecular complexity index is 2120. The lowest BCUT2D eigenvalue weighted by Crippen LogP contribution is -2.52. The number of phenolic OH excluding ortho intramolecular Hbond substituents is 1. The molecule has 0 spiro atoms. The number of anilines is 1. The highest BCUT2D eigenvalue weighted by Gasteiger charge is 2.39. The van der Waals surface area contributed by atoms with Crippen LogP contribution in [-0.2, 0) is 29.7 Å². The molecule has 50 heavy (non-hydrogen) atoms. The van der Waals surface area contributed by atoms with E-state index in [4.69, 9.17) is 4.74 Å². The fourth-order valence-electron chi connectivity index (χ4n) is 7.92. The highest BCUT2D eigenvalue weighted by Crippen LogP contribution is 2.40. The maximum atomic E-state index is 13.2. The third-order valence-electron chi connectivity index (χ3n) is 10.9. The van der Waals surface area contributed by atoms with Gasteiger partial charge in [0.05, 0.1) is 12.5 Å². The van der Waals surface area contributed by atoms with Crippen molar-refractivity contribution in [3.05, 3.63) is 81.4 Å². The van der Waals surface area contributed by atoms with Crippen molar-refractivity contribution in [1.29, 1.82) is 0 Å². The lowest BCUT2D eigenvalue weighted by atomic mass is 9.87. The number of phenols is 1. The second-order valence-corrected chi connectivity index (χ2v) is 13.9. The zero-order chi connectivity index (χ0) is 34.7. The first kappa shape index (κ1) is 32.0. The normalized spacial score (nSPS) is 19.9. The van der Waals surface area contributed by atoms with Gasteiger partial charge in [-0.2, -0.15) is 0 Å². The maximum Gasteiger partial charge on any atom is 0.259 e. The molecule has 258 valence electrons. The van der Waals surface area contributed by atoms with Crippen molar-refractivity contribution < 1.29 is 24.2 Å². The summed E-state index contributed by atoms with van der Waals surface area (Å²) in [4.78, 5) is 60.9. The summed E-state index contributed by atoms with van der Waals surface area (Å²) in [6.07, 6.45) is 7.01. The number of likely N-dealkylation sites (tertiary alicyclic amines) is 1. The highest BCUT2D eigenvalue weighted by molar-refractivity contribution is 6.05. The van der Waals surface area contributed by atoms with E-state index >= 15 is 0 Å². The van der Waals surface area contributed by atoms with Gasteiger partial charge in [0, 0.05) is 74.1 Å². The van der Waals surface area contributed by atoms with Crippen molar-refractivity contribution in [3.63, 3.8) is 0 Å². The first-order valence-corrected chi connectivity index (χ1v) is 17.3. The molecule has 0 radical (unpaired) electrons. The van der Waals surface area contributed by atoms with Gasteiger partial charge in [-0.1, -0.05) is 12.1 Å². The number of carbonyl (C=O) groups is 3. The number of hydrogen-bond acceptors (Lipinski definition) is 9. The third-order valence-corrected chi connectivity index (χ3v) is 10.9. The van der Waals surface area contributed by atoms with Crippen LogP contribution in [0.15, 0.2) is 53.6 Å². The van der Waals surface area contributed by atoms with Crippen LogP contribution in [0.25, 0.3) is 21.9 Å². The van der Waals surface area contributed by atoms with E-state index in [-0.39, 0.29) is 29.5 Å². The molecule has 0 bridgehead atoms. The van der Waals surface area contributed by atoms with E-state index in [0.717, 1.165) is 78.9 Å². The minimum absolute atomic E-state index is 0.120. The van der Waals surface area contributed by atoms with Gasteiger partial charge in [-0.05, 0) is 85.6 Å². The molecule has 0 aliphatic carbocycles. The molecule has 3 fully saturated rings. The van der Waals surface area contributed by atoms with Crippen LogP contribution in [0.3, 0.4) is 0 Å². The number of nitrogens with one attached hydrogen (secondary N) is 1. The Labute approximate surface area is 289 Å². The summed E-state index contributed by atoms with van der Waals surface area (Å²) in [5, 5.41) is 15.1. The Hall–Kier alpha value is -5.23. The van der Waals surface area contributed by atoms with Gasteiger partial charge in [0.25, 0.3) is 11.5 Å². The van der Waals surface area contributed by atoms with Crippen molar-refractivity contribution in [3.8, 4) is 22.6 Å². The molecular formula is C38H40N6O6. The van der Waals surface area contributed by atoms with Crippen molar-refractivity contribution in [2.75, 3.05) is 38.2 Å². The van der Waals surface area contributed by atoms with Crippen molar-refractivity contribution in [2.24, 2.45) is 7.05 Å². The summed E-state index contributed by atoms with van der Waals surface area (Å²) >= 11 is 0. The first-order valence-electron chi connectivity index (χ1n) is 17.3. The van der Waals surface area contributed by atoms with Crippen molar-refractivity contribution in [1.82, 2.24) is 24.7 Å². The van der Waals surface area contributed by atoms with Gasteiger partial charge >= 0.3 is 0 Å². The van der Waals surface area contributed by atoms with E-state index in [1.54, 1.807) is 35.9 Å². The Morgan fingerprint density at radius 1 is 0.960 bits per heavy atom. The number of aromatic nitrogens is 2. The summed E-state index contributed by atoms with van der Waals surface area (Å²) in [7, 11) is 3.33. The van der Waals surface area contributed by atoms with Gasteiger partial charge < -0.3 is 24.2 Å². The molecular weight excluding hydrogens is 636 g/mol. The van der Waals surface area contributed by atoms with E-state index in [1.165, 1.54) is 5.56 Å². The van der Waals surface area contributed by atoms with Crippen molar-refractivity contribution in [2.45, 2.75) is 57.2 Å². The number of rotatable bonds is 7. The van der Waals surface area contributed by atoms with E-state index < -0.39 is 11.9 Å². The fraction of sp³-hybridized carbons (Fsp3) is 0.395. The molecule has 6 heterocycles. The topological polar surface area (TPSA) is 137 Å². The number of aromatic hydroxyl groups is 1. The second-order valence-electron chi connectivity index (χ2n) is 13.9. The molecule has 2 N–H and O–H groups in total. The molecule has 12 nitrogen and oxygen atoms in total. The molecule has 12 heteroatoms. The van der Waals surface area contributed by atoms with Crippen LogP contribution in [-0.4, -0.2) is 81.5 Å². The number of fused-ring (bicyclic) bond motifs is 2. The monoisotopic (exact) mass is 676 g/mol. The molecule has 2 aromatic heterocycles. The van der Waals surface area contributed by atoms with Gasteiger partial charge in [0.15, 0.2) is 0 Å². The second kappa shape index (κ2) is 12.6. The Morgan fingerprint density at radius 3 is 2.48 bits per heavy atom. The molecule has 1 atom stereocenters. The minimum atomic E-state index is -0.622. The molecule has 0 saturated carbocycles. The molecule has 4 aliphatic rings. The fourth-order valence-corrected chi connectivity index (χ4v) is 7.92. The average molecular weight is 677 g/mol. The SMILES string of the molecule is COc1cc(-c2cn(C)c(=O)c3cnc(N4CCC4)cc23)cc(O)c1CN1CCC(c2ccc3c(c2)CN(C2CCC(=O)NC2=O)C3=O)CC1. The highest BCUT2D eigenvalue weighted by atomic mass is 16.5. The van der Waals surface area contributed by atoms with E-state index in [9.17, 15) is 24.3 Å². The van der Waals surface area contributed by atoms with Crippen LogP contribution in [0.5, 0.6) is 11.5 Å². The predicted octanol–water partition coefficient (Wildman–Crippen LogP) is 3.67. The Morgan fingerprint density at radius 2 is 1.76 bits per heavy atom. The predicted molar refractivity (Wildman–Crippen MR) is 187 cm³/mol. The lowest BCUT2D eigenvalue weighted by molar-refractivity contribution is -0.136. The van der Waals surface area contributed by atoms with Gasteiger partial charge in [0.1, 0.15) is 23.4 Å². The third kappa shape index (κ3) is 5.57. The number of imide groups is 1. The number of hydrogen-bond donors (Lipinski definition) is 2. The van der Waals surface area contributed by atoms with E-state index in [0.29, 0.717) is 42.1 Å². The standard InChI is InChI=1S/C38H40N6O6/c1-41-20-29(27-17-34(43-10-3-11-43)39-18-28(27)37(41)48)24-15-32(45)30(33(16-24)50-2)21-42-12-8-22(9-13-42)23-4-5-26-25(14-23)19-44(38(26)49)31-6-7-35(46)40-36(31)47/h4-5,14-18,20,22,31,45H,3,6-13,19,21H2,1-2H3,(H,40,46,47). The smallest absolute Gasteiger partial charge is 0.259 e. The number of benzene rings is 2. The van der Waals surface area contributed by atoms with Gasteiger partial charge in [-0.25, -0.2) is 4.98 Å². The van der Waals surface area contributed by atoms with Gasteiger partial charge in [0.2, 0.25) is 11.8 Å². The minimum Gasteiger partial charge on any atom is -0.507 e. The maximum absolute atomic E-state index is 13.2. The molecule has 3 saturated heterocycles. The first-order chi connectivity index (χ1) is 24.2. The van der Waals surface area contributed by atoms with Crippen LogP contribution in [0.2, 0.25) is 0 Å². The molecule has 8 rings (SSSR count). The zero-order valence-electron chi connectivity index (χ0n) is 28.3. The lowest BCUT2D eigenvalue weighted by Gasteiger charge is -2.33. The van der Waals surface area contributed by atoms with Crippen LogP contribution in [0.1, 0.15) is 65.1 Å². The van der Waals surface area contributed by atoms with Gasteiger partial charge in [-0.15, -0.1) is 0 Å². The Kier molecular flexibility index (Phi) is 8.05. The number of carbonyl (C=O) groups excluding carboxylic acids is 3. The molecule has 2 aromatic carbocycles. The number of nitrogens with zero attached hydrogens (tertiary/aromatic N) is 5. The summed E-state index contributed by atoms with van der Waals surface area (Å²) < 4.78 is 7.39. The number of aryl methyl sites for hydroxylation is 1. The average Bonchev–Trinajstić information content (AvgIpc) is 3.41. The van der Waals surface area contributed by atoms with E-state index in [1.807, 2.05) is 30.5 Å². The summed E-state index contributed by atoms with van der Waals surface area (Å²) in [5.74, 6) is 1.04. The number of amides is 3. The molecule has 4 aliphatic heterocycles. The molecule has 3 amide bonds. The summed E-state index contributed by atoms with van der Waals surface area (Å²) in [5.41, 5.74) is 4.91.